The number of ether oxygens (including phenoxy) is 1. The summed E-state index contributed by atoms with van der Waals surface area (Å²) < 4.78 is 5.73. The third-order valence-electron chi connectivity index (χ3n) is 2.78. The zero-order valence-electron chi connectivity index (χ0n) is 11.3. The largest absolute Gasteiger partial charge is 0.493 e. The number of hydrogen-bond acceptors (Lipinski definition) is 3. The summed E-state index contributed by atoms with van der Waals surface area (Å²) in [4.78, 5) is 4.29. The van der Waals surface area contributed by atoms with Gasteiger partial charge in [0.1, 0.15) is 5.75 Å². The normalized spacial score (nSPS) is 10.4. The molecule has 2 aromatic rings. The lowest BCUT2D eigenvalue weighted by Gasteiger charge is -2.11. The Balaban J connectivity index is 1.88. The molecule has 3 nitrogen and oxygen atoms in total. The van der Waals surface area contributed by atoms with E-state index in [2.05, 4.69) is 23.3 Å². The average Bonchev–Trinajstić information content (AvgIpc) is 2.47. The van der Waals surface area contributed by atoms with Crippen LogP contribution in [0.2, 0.25) is 0 Å². The van der Waals surface area contributed by atoms with E-state index < -0.39 is 0 Å². The summed E-state index contributed by atoms with van der Waals surface area (Å²) in [5.74, 6) is 0.970. The number of pyridine rings is 1. The fourth-order valence-electron chi connectivity index (χ4n) is 1.83. The maximum Gasteiger partial charge on any atom is 0.123 e. The Bertz CT molecular complexity index is 485. The van der Waals surface area contributed by atoms with Gasteiger partial charge >= 0.3 is 0 Å². The molecule has 1 heterocycles. The van der Waals surface area contributed by atoms with Gasteiger partial charge in [-0.25, -0.2) is 0 Å². The van der Waals surface area contributed by atoms with E-state index in [0.717, 1.165) is 37.6 Å². The quantitative estimate of drug-likeness (QED) is 0.826. The van der Waals surface area contributed by atoms with Crippen LogP contribution in [0.1, 0.15) is 24.6 Å². The van der Waals surface area contributed by atoms with Gasteiger partial charge in [-0.1, -0.05) is 31.2 Å². The lowest BCUT2D eigenvalue weighted by Crippen LogP contribution is -2.14. The summed E-state index contributed by atoms with van der Waals surface area (Å²) >= 11 is 0. The van der Waals surface area contributed by atoms with Gasteiger partial charge in [0.25, 0.3) is 0 Å². The first-order valence-corrected chi connectivity index (χ1v) is 6.71. The maximum absolute atomic E-state index is 5.73. The number of nitrogens with zero attached hydrogens (tertiary/aromatic N) is 1. The number of aromatic nitrogens is 1. The molecule has 1 aromatic heterocycles. The van der Waals surface area contributed by atoms with Gasteiger partial charge in [-0.15, -0.1) is 0 Å². The van der Waals surface area contributed by atoms with Crippen LogP contribution in [0.3, 0.4) is 0 Å². The van der Waals surface area contributed by atoms with Crippen LogP contribution in [0.4, 0.5) is 0 Å². The van der Waals surface area contributed by atoms with Gasteiger partial charge in [-0.2, -0.15) is 0 Å². The van der Waals surface area contributed by atoms with Crippen molar-refractivity contribution < 1.29 is 4.74 Å². The smallest absolute Gasteiger partial charge is 0.123 e. The maximum atomic E-state index is 5.73. The van der Waals surface area contributed by atoms with Crippen LogP contribution in [0.5, 0.6) is 5.75 Å². The Kier molecular flexibility index (Phi) is 5.38. The molecule has 0 atom stereocenters. The second-order valence-corrected chi connectivity index (χ2v) is 4.38. The highest BCUT2D eigenvalue weighted by molar-refractivity contribution is 5.33. The molecule has 0 fully saturated rings. The Hall–Kier alpha value is -1.87. The third-order valence-corrected chi connectivity index (χ3v) is 2.78. The molecule has 0 aliphatic heterocycles. The second-order valence-electron chi connectivity index (χ2n) is 4.38. The molecule has 3 heteroatoms. The highest BCUT2D eigenvalue weighted by atomic mass is 16.5. The zero-order valence-corrected chi connectivity index (χ0v) is 11.3. The van der Waals surface area contributed by atoms with Crippen molar-refractivity contribution in [2.75, 3.05) is 6.61 Å². The molecule has 1 N–H and O–H groups in total. The van der Waals surface area contributed by atoms with E-state index in [4.69, 9.17) is 4.74 Å². The van der Waals surface area contributed by atoms with Crippen LogP contribution in [0.25, 0.3) is 0 Å². The first-order valence-electron chi connectivity index (χ1n) is 6.71. The van der Waals surface area contributed by atoms with Crippen LogP contribution >= 0.6 is 0 Å². The average molecular weight is 256 g/mol. The zero-order chi connectivity index (χ0) is 13.3. The minimum atomic E-state index is 0.761. The van der Waals surface area contributed by atoms with Crippen LogP contribution in [-0.4, -0.2) is 11.6 Å². The lowest BCUT2D eigenvalue weighted by molar-refractivity contribution is 0.313. The van der Waals surface area contributed by atoms with Crippen molar-refractivity contribution in [3.05, 3.63) is 59.9 Å². The number of benzene rings is 1. The summed E-state index contributed by atoms with van der Waals surface area (Å²) in [7, 11) is 0. The molecule has 2 rings (SSSR count). The van der Waals surface area contributed by atoms with Gasteiger partial charge in [0.2, 0.25) is 0 Å². The predicted octanol–water partition coefficient (Wildman–Crippen LogP) is 3.16. The van der Waals surface area contributed by atoms with E-state index in [-0.39, 0.29) is 0 Å². The van der Waals surface area contributed by atoms with Crippen LogP contribution in [0.15, 0.2) is 48.7 Å². The molecule has 0 amide bonds. The van der Waals surface area contributed by atoms with Gasteiger partial charge in [0.15, 0.2) is 0 Å². The third kappa shape index (κ3) is 4.38. The Labute approximate surface area is 114 Å². The molecule has 0 bridgehead atoms. The fourth-order valence-corrected chi connectivity index (χ4v) is 1.83. The Morgan fingerprint density at radius 1 is 1.05 bits per heavy atom. The number of hydrogen-bond donors (Lipinski definition) is 1. The van der Waals surface area contributed by atoms with E-state index in [1.807, 2.05) is 42.6 Å². The van der Waals surface area contributed by atoms with E-state index in [1.54, 1.807) is 0 Å². The first kappa shape index (κ1) is 13.6. The van der Waals surface area contributed by atoms with Crippen molar-refractivity contribution >= 4 is 0 Å². The molecule has 19 heavy (non-hydrogen) atoms. The molecule has 0 aliphatic carbocycles. The molecule has 100 valence electrons. The molecule has 0 saturated carbocycles. The standard InChI is InChI=1S/C16H20N2O/c1-2-11-19-16-9-4-3-7-14(16)12-17-13-15-8-5-6-10-18-15/h3-10,17H,2,11-13H2,1H3. The molecule has 0 radical (unpaired) electrons. The van der Waals surface area contributed by atoms with Crippen molar-refractivity contribution in [1.82, 2.24) is 10.3 Å². The van der Waals surface area contributed by atoms with Crippen LogP contribution in [-0.2, 0) is 13.1 Å². The number of para-hydroxylation sites is 1. The summed E-state index contributed by atoms with van der Waals surface area (Å²) in [6.07, 6.45) is 2.84. The SMILES string of the molecule is CCCOc1ccccc1CNCc1ccccn1. The van der Waals surface area contributed by atoms with Crippen molar-refractivity contribution in [1.29, 1.82) is 0 Å². The van der Waals surface area contributed by atoms with Gasteiger partial charge in [-0.05, 0) is 24.6 Å². The molecule has 0 unspecified atom stereocenters. The van der Waals surface area contributed by atoms with Crippen molar-refractivity contribution in [3.8, 4) is 5.75 Å². The van der Waals surface area contributed by atoms with Gasteiger partial charge < -0.3 is 10.1 Å². The van der Waals surface area contributed by atoms with E-state index in [1.165, 1.54) is 5.56 Å². The minimum Gasteiger partial charge on any atom is -0.493 e. The fraction of sp³-hybridized carbons (Fsp3) is 0.312. The molecular formula is C16H20N2O. The summed E-state index contributed by atoms with van der Waals surface area (Å²) in [5.41, 5.74) is 2.24. The summed E-state index contributed by atoms with van der Waals surface area (Å²) in [6, 6.07) is 14.1. The predicted molar refractivity (Wildman–Crippen MR) is 77.0 cm³/mol. The van der Waals surface area contributed by atoms with E-state index in [0.29, 0.717) is 0 Å². The van der Waals surface area contributed by atoms with Gasteiger partial charge in [0, 0.05) is 24.8 Å². The molecule has 0 spiro atoms. The minimum absolute atomic E-state index is 0.761. The molecule has 1 aromatic carbocycles. The second kappa shape index (κ2) is 7.54. The van der Waals surface area contributed by atoms with Crippen molar-refractivity contribution in [2.45, 2.75) is 26.4 Å². The topological polar surface area (TPSA) is 34.1 Å². The Morgan fingerprint density at radius 2 is 1.89 bits per heavy atom. The summed E-state index contributed by atoms with van der Waals surface area (Å²) in [5, 5.41) is 3.39. The van der Waals surface area contributed by atoms with Crippen LogP contribution < -0.4 is 10.1 Å². The number of rotatable bonds is 7. The van der Waals surface area contributed by atoms with Crippen molar-refractivity contribution in [2.24, 2.45) is 0 Å². The van der Waals surface area contributed by atoms with Crippen LogP contribution in [0, 0.1) is 0 Å². The molecular weight excluding hydrogens is 236 g/mol. The monoisotopic (exact) mass is 256 g/mol. The van der Waals surface area contributed by atoms with E-state index in [9.17, 15) is 0 Å². The lowest BCUT2D eigenvalue weighted by atomic mass is 10.2. The first-order chi connectivity index (χ1) is 9.40. The highest BCUT2D eigenvalue weighted by Crippen LogP contribution is 2.17. The van der Waals surface area contributed by atoms with Gasteiger partial charge in [-0.3, -0.25) is 4.98 Å². The van der Waals surface area contributed by atoms with Gasteiger partial charge in [0.05, 0.1) is 12.3 Å². The molecule has 0 saturated heterocycles. The molecule has 0 aliphatic rings. The Morgan fingerprint density at radius 3 is 2.68 bits per heavy atom. The highest BCUT2D eigenvalue weighted by Gasteiger charge is 2.02. The number of nitrogens with one attached hydrogen (secondary N) is 1. The van der Waals surface area contributed by atoms with E-state index >= 15 is 0 Å². The summed E-state index contributed by atoms with van der Waals surface area (Å²) in [6.45, 7) is 4.43. The van der Waals surface area contributed by atoms with Crippen molar-refractivity contribution in [3.63, 3.8) is 0 Å².